The first kappa shape index (κ1) is 10.0. The van der Waals surface area contributed by atoms with Crippen LogP contribution in [0.2, 0.25) is 0 Å². The summed E-state index contributed by atoms with van der Waals surface area (Å²) in [4.78, 5) is 4.01. The van der Waals surface area contributed by atoms with E-state index >= 15 is 0 Å². The van der Waals surface area contributed by atoms with Crippen molar-refractivity contribution in [2.45, 2.75) is 26.3 Å². The molecule has 2 aromatic heterocycles. The van der Waals surface area contributed by atoms with E-state index in [9.17, 15) is 0 Å². The van der Waals surface area contributed by atoms with Gasteiger partial charge in [-0.05, 0) is 20.4 Å². The first-order valence-corrected chi connectivity index (χ1v) is 5.05. The van der Waals surface area contributed by atoms with Crippen molar-refractivity contribution < 1.29 is 0 Å². The third-order valence-corrected chi connectivity index (χ3v) is 2.39. The third kappa shape index (κ3) is 1.70. The Morgan fingerprint density at radius 1 is 1.40 bits per heavy atom. The Morgan fingerprint density at radius 3 is 2.93 bits per heavy atom. The van der Waals surface area contributed by atoms with Gasteiger partial charge >= 0.3 is 0 Å². The molecule has 2 aromatic rings. The van der Waals surface area contributed by atoms with Crippen LogP contribution in [-0.4, -0.2) is 26.1 Å². The molecular formula is C10H15N5. The number of hydrogen-bond acceptors (Lipinski definition) is 4. The molecule has 2 rings (SSSR count). The van der Waals surface area contributed by atoms with Gasteiger partial charge in [0, 0.05) is 12.4 Å². The van der Waals surface area contributed by atoms with Gasteiger partial charge < -0.3 is 5.32 Å². The molecule has 0 unspecified atom stereocenters. The van der Waals surface area contributed by atoms with Crippen molar-refractivity contribution in [1.82, 2.24) is 24.9 Å². The van der Waals surface area contributed by atoms with Crippen LogP contribution < -0.4 is 5.32 Å². The Labute approximate surface area is 88.6 Å². The number of aromatic nitrogens is 4. The summed E-state index contributed by atoms with van der Waals surface area (Å²) in [6, 6.07) is 0. The summed E-state index contributed by atoms with van der Waals surface area (Å²) in [5.41, 5.74) is 0.591. The first-order valence-electron chi connectivity index (χ1n) is 5.05. The van der Waals surface area contributed by atoms with Gasteiger partial charge in [0.25, 0.3) is 0 Å². The van der Waals surface area contributed by atoms with Crippen molar-refractivity contribution in [3.05, 3.63) is 24.4 Å². The molecule has 0 spiro atoms. The molecule has 80 valence electrons. The van der Waals surface area contributed by atoms with E-state index in [-0.39, 0.29) is 5.54 Å². The Hall–Kier alpha value is -1.49. The Kier molecular flexibility index (Phi) is 2.40. The lowest BCUT2D eigenvalue weighted by Gasteiger charge is -2.23. The normalized spacial score (nSPS) is 12.2. The summed E-state index contributed by atoms with van der Waals surface area (Å²) in [7, 11) is 0. The lowest BCUT2D eigenvalue weighted by atomic mass is 10.1. The number of nitrogens with zero attached hydrogens (tertiary/aromatic N) is 4. The summed E-state index contributed by atoms with van der Waals surface area (Å²) in [6.45, 7) is 7.15. The second-order valence-corrected chi connectivity index (χ2v) is 3.98. The molecule has 0 fully saturated rings. The van der Waals surface area contributed by atoms with Crippen LogP contribution in [0.3, 0.4) is 0 Å². The zero-order valence-electron chi connectivity index (χ0n) is 9.23. The SMILES string of the molecule is CCNC(C)(C)c1nnc2cnccn12. The highest BCUT2D eigenvalue weighted by atomic mass is 15.3. The molecule has 5 heteroatoms. The maximum atomic E-state index is 4.20. The van der Waals surface area contributed by atoms with Crippen LogP contribution in [0, 0.1) is 0 Å². The molecule has 5 nitrogen and oxygen atoms in total. The van der Waals surface area contributed by atoms with Crippen LogP contribution in [-0.2, 0) is 5.54 Å². The summed E-state index contributed by atoms with van der Waals surface area (Å²) >= 11 is 0. The molecule has 0 bridgehead atoms. The second kappa shape index (κ2) is 3.58. The van der Waals surface area contributed by atoms with E-state index in [0.29, 0.717) is 0 Å². The summed E-state index contributed by atoms with van der Waals surface area (Å²) in [5.74, 6) is 0.904. The highest BCUT2D eigenvalue weighted by Gasteiger charge is 2.24. The van der Waals surface area contributed by atoms with Gasteiger partial charge in [0.15, 0.2) is 11.5 Å². The van der Waals surface area contributed by atoms with Gasteiger partial charge in [0.2, 0.25) is 0 Å². The molecule has 0 atom stereocenters. The van der Waals surface area contributed by atoms with Gasteiger partial charge in [0.1, 0.15) is 0 Å². The minimum absolute atomic E-state index is 0.185. The van der Waals surface area contributed by atoms with Crippen LogP contribution >= 0.6 is 0 Å². The monoisotopic (exact) mass is 205 g/mol. The van der Waals surface area contributed by atoms with Crippen molar-refractivity contribution in [2.24, 2.45) is 0 Å². The van der Waals surface area contributed by atoms with E-state index in [0.717, 1.165) is 18.0 Å². The molecule has 0 aliphatic carbocycles. The highest BCUT2D eigenvalue weighted by Crippen LogP contribution is 2.17. The molecule has 0 aromatic carbocycles. The molecular weight excluding hydrogens is 190 g/mol. The zero-order chi connectivity index (χ0) is 10.9. The molecule has 2 heterocycles. The molecule has 0 saturated carbocycles. The minimum Gasteiger partial charge on any atom is -0.305 e. The van der Waals surface area contributed by atoms with Crippen molar-refractivity contribution >= 4 is 5.65 Å². The molecule has 0 amide bonds. The zero-order valence-corrected chi connectivity index (χ0v) is 9.23. The van der Waals surface area contributed by atoms with E-state index in [1.54, 1.807) is 12.4 Å². The summed E-state index contributed by atoms with van der Waals surface area (Å²) < 4.78 is 1.95. The van der Waals surface area contributed by atoms with Crippen LogP contribution in [0.1, 0.15) is 26.6 Å². The third-order valence-electron chi connectivity index (χ3n) is 2.39. The van der Waals surface area contributed by atoms with E-state index in [2.05, 4.69) is 41.3 Å². The smallest absolute Gasteiger partial charge is 0.179 e. The molecule has 0 aliphatic rings. The fourth-order valence-corrected chi connectivity index (χ4v) is 1.70. The number of fused-ring (bicyclic) bond motifs is 1. The van der Waals surface area contributed by atoms with Gasteiger partial charge in [0.05, 0.1) is 11.7 Å². The predicted molar refractivity (Wildman–Crippen MR) is 57.5 cm³/mol. The van der Waals surface area contributed by atoms with E-state index in [4.69, 9.17) is 0 Å². The molecule has 0 saturated heterocycles. The first-order chi connectivity index (χ1) is 7.15. The minimum atomic E-state index is -0.185. The standard InChI is InChI=1S/C10H15N5/c1-4-12-10(2,3)9-14-13-8-7-11-5-6-15(8)9/h5-7,12H,4H2,1-3H3. The number of nitrogens with one attached hydrogen (secondary N) is 1. The average molecular weight is 205 g/mol. The van der Waals surface area contributed by atoms with Crippen molar-refractivity contribution in [1.29, 1.82) is 0 Å². The molecule has 15 heavy (non-hydrogen) atoms. The van der Waals surface area contributed by atoms with Crippen LogP contribution in [0.5, 0.6) is 0 Å². The topological polar surface area (TPSA) is 55.1 Å². The van der Waals surface area contributed by atoms with Crippen LogP contribution in [0.4, 0.5) is 0 Å². The summed E-state index contributed by atoms with van der Waals surface area (Å²) in [6.07, 6.45) is 5.32. The molecule has 1 N–H and O–H groups in total. The number of hydrogen-bond donors (Lipinski definition) is 1. The van der Waals surface area contributed by atoms with Gasteiger partial charge in [-0.25, -0.2) is 0 Å². The Balaban J connectivity index is 2.52. The maximum absolute atomic E-state index is 4.20. The number of rotatable bonds is 3. The van der Waals surface area contributed by atoms with Gasteiger partial charge in [-0.3, -0.25) is 9.38 Å². The fraction of sp³-hybridized carbons (Fsp3) is 0.500. The fourth-order valence-electron chi connectivity index (χ4n) is 1.70. The lowest BCUT2D eigenvalue weighted by Crippen LogP contribution is -2.38. The van der Waals surface area contributed by atoms with Gasteiger partial charge in [-0.15, -0.1) is 10.2 Å². The van der Waals surface area contributed by atoms with Crippen molar-refractivity contribution in [3.8, 4) is 0 Å². The summed E-state index contributed by atoms with van der Waals surface area (Å²) in [5, 5.41) is 11.6. The maximum Gasteiger partial charge on any atom is 0.179 e. The average Bonchev–Trinajstić information content (AvgIpc) is 2.61. The Morgan fingerprint density at radius 2 is 2.20 bits per heavy atom. The van der Waals surface area contributed by atoms with E-state index in [1.807, 2.05) is 10.6 Å². The predicted octanol–water partition coefficient (Wildman–Crippen LogP) is 0.969. The van der Waals surface area contributed by atoms with Crippen molar-refractivity contribution in [2.75, 3.05) is 6.54 Å². The van der Waals surface area contributed by atoms with E-state index in [1.165, 1.54) is 0 Å². The quantitative estimate of drug-likeness (QED) is 0.811. The van der Waals surface area contributed by atoms with Crippen LogP contribution in [0.25, 0.3) is 5.65 Å². The largest absolute Gasteiger partial charge is 0.305 e. The molecule has 0 aliphatic heterocycles. The van der Waals surface area contributed by atoms with Crippen molar-refractivity contribution in [3.63, 3.8) is 0 Å². The lowest BCUT2D eigenvalue weighted by molar-refractivity contribution is 0.388. The van der Waals surface area contributed by atoms with E-state index < -0.39 is 0 Å². The van der Waals surface area contributed by atoms with Crippen LogP contribution in [0.15, 0.2) is 18.6 Å². The highest BCUT2D eigenvalue weighted by molar-refractivity contribution is 5.35. The van der Waals surface area contributed by atoms with Gasteiger partial charge in [-0.2, -0.15) is 0 Å². The Bertz CT molecular complexity index is 460. The van der Waals surface area contributed by atoms with Gasteiger partial charge in [-0.1, -0.05) is 6.92 Å². The second-order valence-electron chi connectivity index (χ2n) is 3.98. The molecule has 0 radical (unpaired) electrons.